The first-order chi connectivity index (χ1) is 20.6. The van der Waals surface area contributed by atoms with E-state index in [9.17, 15) is 14.4 Å². The van der Waals surface area contributed by atoms with Crippen LogP contribution in [0.5, 0.6) is 0 Å². The molecule has 7 unspecified atom stereocenters. The Morgan fingerprint density at radius 2 is 1.61 bits per heavy atom. The van der Waals surface area contributed by atoms with Crippen molar-refractivity contribution in [2.45, 2.75) is 135 Å². The SMILES string of the molecule is CO[C@@H]1[C@@H](OC2OC(C)C(C)C(N(C)C)C2OP)[C@@H](C)C[C@@H](C)C(=O)C[C@@H]2N[C@@]3(C)C(=O)O[C@H](C[C@@H](C)OC(=O)C[C@H]1C)C23. The first-order valence-electron chi connectivity index (χ1n) is 16.2. The fourth-order valence-corrected chi connectivity index (χ4v) is 8.52. The molecule has 4 heterocycles. The number of esters is 2. The van der Waals surface area contributed by atoms with Crippen molar-refractivity contribution in [3.05, 3.63) is 0 Å². The maximum atomic E-state index is 13.6. The minimum atomic E-state index is -0.824. The highest BCUT2D eigenvalue weighted by molar-refractivity contribution is 7.09. The number of carbonyl (C=O) groups is 3. The third kappa shape index (κ3) is 7.04. The highest BCUT2D eigenvalue weighted by Gasteiger charge is 2.65. The van der Waals surface area contributed by atoms with Crippen molar-refractivity contribution in [3.8, 4) is 0 Å². The molecule has 1 N–H and O–H groups in total. The van der Waals surface area contributed by atoms with Gasteiger partial charge in [-0.1, -0.05) is 27.7 Å². The van der Waals surface area contributed by atoms with Gasteiger partial charge < -0.3 is 33.1 Å². The molecule has 12 heteroatoms. The maximum absolute atomic E-state index is 13.6. The topological polar surface area (TPSA) is 122 Å². The van der Waals surface area contributed by atoms with Crippen LogP contribution in [0.1, 0.15) is 74.1 Å². The normalized spacial score (nSPS) is 47.5. The number of ether oxygens (including phenoxy) is 5. The van der Waals surface area contributed by atoms with Gasteiger partial charge in [-0.3, -0.25) is 19.7 Å². The number of likely N-dealkylation sites (N-methyl/N-ethyl adjacent to an activating group) is 1. The number of carbonyl (C=O) groups excluding carboxylic acids is 3. The molecule has 0 aromatic heterocycles. The summed E-state index contributed by atoms with van der Waals surface area (Å²) in [5, 5.41) is 3.32. The van der Waals surface area contributed by atoms with E-state index in [1.54, 1.807) is 7.11 Å². The molecular weight excluding hydrogens is 587 g/mol. The zero-order valence-corrected chi connectivity index (χ0v) is 29.3. The molecule has 0 aromatic carbocycles. The number of cyclic esters (lactones) is 1. The monoisotopic (exact) mass is 642 g/mol. The van der Waals surface area contributed by atoms with Crippen LogP contribution in [0, 0.1) is 29.6 Å². The molecule has 4 aliphatic heterocycles. The Bertz CT molecular complexity index is 1050. The third-order valence-corrected chi connectivity index (χ3v) is 11.1. The second kappa shape index (κ2) is 14.3. The molecular formula is C32H55N2O9P. The molecule has 0 aliphatic carbocycles. The molecule has 44 heavy (non-hydrogen) atoms. The van der Waals surface area contributed by atoms with Crippen LogP contribution in [0.3, 0.4) is 0 Å². The summed E-state index contributed by atoms with van der Waals surface area (Å²) in [6, 6.07) is -0.146. The van der Waals surface area contributed by atoms with Crippen molar-refractivity contribution in [1.82, 2.24) is 10.2 Å². The molecule has 0 spiro atoms. The van der Waals surface area contributed by atoms with Crippen LogP contribution in [0.4, 0.5) is 0 Å². The van der Waals surface area contributed by atoms with Gasteiger partial charge in [0.2, 0.25) is 0 Å². The number of hydrogen-bond acceptors (Lipinski definition) is 11. The highest BCUT2D eigenvalue weighted by atomic mass is 31.0. The summed E-state index contributed by atoms with van der Waals surface area (Å²) in [4.78, 5) is 41.7. The number of hydrogen-bond donors (Lipinski definition) is 1. The van der Waals surface area contributed by atoms with Gasteiger partial charge in [-0.15, -0.1) is 0 Å². The smallest absolute Gasteiger partial charge is 0.326 e. The van der Waals surface area contributed by atoms with Gasteiger partial charge in [-0.25, -0.2) is 0 Å². The van der Waals surface area contributed by atoms with Crippen molar-refractivity contribution >= 4 is 27.2 Å². The number of ketones is 1. The minimum absolute atomic E-state index is 0.0362. The molecule has 11 nitrogen and oxygen atoms in total. The van der Waals surface area contributed by atoms with Crippen molar-refractivity contribution in [2.75, 3.05) is 21.2 Å². The Hall–Kier alpha value is -1.20. The quantitative estimate of drug-likeness (QED) is 0.352. The van der Waals surface area contributed by atoms with E-state index in [-0.39, 0.29) is 71.9 Å². The summed E-state index contributed by atoms with van der Waals surface area (Å²) in [6.45, 7) is 13.8. The van der Waals surface area contributed by atoms with Gasteiger partial charge in [0.25, 0.3) is 0 Å². The first kappa shape index (κ1) is 35.7. The third-order valence-electron chi connectivity index (χ3n) is 10.7. The lowest BCUT2D eigenvalue weighted by molar-refractivity contribution is -0.292. The van der Waals surface area contributed by atoms with E-state index in [1.807, 2.05) is 48.7 Å². The average Bonchev–Trinajstić information content (AvgIpc) is 3.10. The van der Waals surface area contributed by atoms with E-state index in [0.29, 0.717) is 19.3 Å². The summed E-state index contributed by atoms with van der Waals surface area (Å²) in [7, 11) is 8.04. The Balaban J connectivity index is 1.62. The van der Waals surface area contributed by atoms with Crippen molar-refractivity contribution in [3.63, 3.8) is 0 Å². The largest absolute Gasteiger partial charge is 0.462 e. The minimum Gasteiger partial charge on any atom is -0.462 e. The number of Topliss-reactive ketones (excluding diaryl/α,β-unsaturated/α-hetero) is 1. The van der Waals surface area contributed by atoms with Crippen LogP contribution in [0.2, 0.25) is 0 Å². The predicted octanol–water partition coefficient (Wildman–Crippen LogP) is 3.13. The predicted molar refractivity (Wildman–Crippen MR) is 166 cm³/mol. The number of nitrogens with zero attached hydrogens (tertiary/aromatic N) is 1. The fraction of sp³-hybridized carbons (Fsp3) is 0.906. The summed E-state index contributed by atoms with van der Waals surface area (Å²) < 4.78 is 36.8. The molecule has 0 aromatic rings. The molecule has 4 fully saturated rings. The van der Waals surface area contributed by atoms with Gasteiger partial charge in [0.15, 0.2) is 6.29 Å². The van der Waals surface area contributed by atoms with E-state index in [4.69, 9.17) is 28.2 Å². The summed E-state index contributed by atoms with van der Waals surface area (Å²) in [5.74, 6) is -1.17. The van der Waals surface area contributed by atoms with Crippen LogP contribution < -0.4 is 5.32 Å². The van der Waals surface area contributed by atoms with Crippen LogP contribution in [0.25, 0.3) is 0 Å². The van der Waals surface area contributed by atoms with Crippen LogP contribution >= 0.6 is 9.47 Å². The van der Waals surface area contributed by atoms with E-state index in [1.165, 1.54) is 0 Å². The van der Waals surface area contributed by atoms with Gasteiger partial charge in [-0.05, 0) is 53.1 Å². The highest BCUT2D eigenvalue weighted by Crippen LogP contribution is 2.46. The molecule has 16 atom stereocenters. The molecule has 0 bridgehead atoms. The summed E-state index contributed by atoms with van der Waals surface area (Å²) >= 11 is 0. The molecule has 4 saturated heterocycles. The Kier molecular flexibility index (Phi) is 11.6. The van der Waals surface area contributed by atoms with E-state index in [0.717, 1.165) is 0 Å². The molecule has 4 rings (SSSR count). The number of rotatable bonds is 5. The standard InChI is InChI=1S/C32H55N2O9P/c1-15-11-16(2)28(42-30-29(43-44)26(34(8)9)19(5)20(6)40-30)27(38-10)17(3)12-24(36)39-18(4)13-23-25-21(14-22(15)35)33-32(25,7)31(37)41-23/h15-21,23,25-30,33H,11-14,44H2,1-10H3/t15-,16+,17-,18-,19?,20?,21+,23-,25?,26?,27+,28+,29?,30?,32-/m1/s1. The summed E-state index contributed by atoms with van der Waals surface area (Å²) in [6.07, 6.45) is -1.72. The van der Waals surface area contributed by atoms with Crippen LogP contribution in [-0.4, -0.2) is 104 Å². The Labute approximate surface area is 265 Å². The summed E-state index contributed by atoms with van der Waals surface area (Å²) in [5.41, 5.74) is -0.824. The average molecular weight is 643 g/mol. The lowest BCUT2D eigenvalue weighted by atomic mass is 9.67. The molecule has 0 radical (unpaired) electrons. The van der Waals surface area contributed by atoms with E-state index in [2.05, 4.69) is 33.5 Å². The molecule has 4 aliphatic rings. The lowest BCUT2D eigenvalue weighted by Gasteiger charge is -2.49. The van der Waals surface area contributed by atoms with Gasteiger partial charge in [-0.2, -0.15) is 0 Å². The number of methoxy groups -OCH3 is 1. The van der Waals surface area contributed by atoms with Gasteiger partial charge >= 0.3 is 11.9 Å². The molecule has 0 saturated carbocycles. The zero-order chi connectivity index (χ0) is 32.7. The van der Waals surface area contributed by atoms with E-state index >= 15 is 0 Å². The maximum Gasteiger partial charge on any atom is 0.326 e. The van der Waals surface area contributed by atoms with Gasteiger partial charge in [0.05, 0.1) is 24.7 Å². The zero-order valence-electron chi connectivity index (χ0n) is 28.1. The van der Waals surface area contributed by atoms with Crippen LogP contribution in [-0.2, 0) is 42.6 Å². The van der Waals surface area contributed by atoms with E-state index < -0.39 is 42.3 Å². The fourth-order valence-electron chi connectivity index (χ4n) is 8.23. The number of nitrogens with one attached hydrogen (secondary N) is 1. The van der Waals surface area contributed by atoms with Crippen molar-refractivity contribution in [1.29, 1.82) is 0 Å². The lowest BCUT2D eigenvalue weighted by Crippen LogP contribution is -2.72. The Morgan fingerprint density at radius 1 is 0.932 bits per heavy atom. The van der Waals surface area contributed by atoms with Crippen molar-refractivity contribution in [2.24, 2.45) is 29.6 Å². The molecule has 252 valence electrons. The Morgan fingerprint density at radius 3 is 2.23 bits per heavy atom. The van der Waals surface area contributed by atoms with Gasteiger partial charge in [0.1, 0.15) is 29.6 Å². The van der Waals surface area contributed by atoms with Crippen LogP contribution in [0.15, 0.2) is 0 Å². The first-order valence-corrected chi connectivity index (χ1v) is 16.7. The molecule has 0 amide bonds. The second-order valence-electron chi connectivity index (χ2n) is 14.3. The van der Waals surface area contributed by atoms with Gasteiger partial charge in [0, 0.05) is 59.3 Å². The van der Waals surface area contributed by atoms with Crippen molar-refractivity contribution < 1.29 is 42.6 Å². The second-order valence-corrected chi connectivity index (χ2v) is 14.6.